The van der Waals surface area contributed by atoms with Crippen LogP contribution < -0.4 is 20.3 Å². The van der Waals surface area contributed by atoms with E-state index in [1.165, 1.54) is 0 Å². The molecule has 6 rings (SSSR count). The average molecular weight is 534 g/mol. The Morgan fingerprint density at radius 3 is 2.55 bits per heavy atom. The van der Waals surface area contributed by atoms with Gasteiger partial charge in [-0.15, -0.1) is 0 Å². The Hall–Kier alpha value is -4.69. The SMILES string of the molecule is CC1Oc2ccc(NC(=O)c3ccc(-c4ccccc4)c(CN4CCN(c5ccccn5)CC4)c3)cc2NC1=O. The van der Waals surface area contributed by atoms with Crippen molar-refractivity contribution < 1.29 is 14.3 Å². The largest absolute Gasteiger partial charge is 0.479 e. The fourth-order valence-electron chi connectivity index (χ4n) is 5.17. The number of hydrogen-bond donors (Lipinski definition) is 2. The highest BCUT2D eigenvalue weighted by Crippen LogP contribution is 2.33. The van der Waals surface area contributed by atoms with Gasteiger partial charge in [0.15, 0.2) is 6.10 Å². The van der Waals surface area contributed by atoms with Crippen molar-refractivity contribution in [2.24, 2.45) is 0 Å². The van der Waals surface area contributed by atoms with Crippen molar-refractivity contribution in [2.75, 3.05) is 41.7 Å². The minimum atomic E-state index is -0.549. The zero-order chi connectivity index (χ0) is 27.5. The third kappa shape index (κ3) is 5.53. The molecule has 0 aliphatic carbocycles. The zero-order valence-corrected chi connectivity index (χ0v) is 22.3. The third-order valence-corrected chi connectivity index (χ3v) is 7.36. The number of fused-ring (bicyclic) bond motifs is 1. The predicted octanol–water partition coefficient (Wildman–Crippen LogP) is 5.04. The number of nitrogens with one attached hydrogen (secondary N) is 2. The molecule has 40 heavy (non-hydrogen) atoms. The number of nitrogens with zero attached hydrogens (tertiary/aromatic N) is 3. The highest BCUT2D eigenvalue weighted by molar-refractivity contribution is 6.05. The summed E-state index contributed by atoms with van der Waals surface area (Å²) in [6, 6.07) is 27.4. The van der Waals surface area contributed by atoms with Gasteiger partial charge in [-0.1, -0.05) is 42.5 Å². The van der Waals surface area contributed by atoms with Crippen LogP contribution in [0.15, 0.2) is 91.1 Å². The molecule has 2 amide bonds. The Labute approximate surface area is 233 Å². The summed E-state index contributed by atoms with van der Waals surface area (Å²) in [6.45, 7) is 6.04. The second kappa shape index (κ2) is 11.2. The fourth-order valence-corrected chi connectivity index (χ4v) is 5.17. The number of aromatic nitrogens is 1. The quantitative estimate of drug-likeness (QED) is 0.361. The summed E-state index contributed by atoms with van der Waals surface area (Å²) in [4.78, 5) is 34.6. The maximum absolute atomic E-state index is 13.3. The molecule has 4 aromatic rings. The summed E-state index contributed by atoms with van der Waals surface area (Å²) < 4.78 is 5.63. The Kier molecular flexibility index (Phi) is 7.16. The number of hydrogen-bond acceptors (Lipinski definition) is 6. The molecule has 1 fully saturated rings. The van der Waals surface area contributed by atoms with Crippen molar-refractivity contribution in [2.45, 2.75) is 19.6 Å². The molecule has 202 valence electrons. The van der Waals surface area contributed by atoms with Gasteiger partial charge >= 0.3 is 0 Å². The second-order valence-electron chi connectivity index (χ2n) is 10.1. The van der Waals surface area contributed by atoms with E-state index >= 15 is 0 Å². The first kappa shape index (κ1) is 25.6. The van der Waals surface area contributed by atoms with Gasteiger partial charge in [-0.05, 0) is 66.1 Å². The Bertz CT molecular complexity index is 1520. The number of anilines is 3. The van der Waals surface area contributed by atoms with Crippen LogP contribution in [-0.4, -0.2) is 54.0 Å². The van der Waals surface area contributed by atoms with Crippen molar-refractivity contribution in [3.05, 3.63) is 102 Å². The Balaban J connectivity index is 1.21. The molecule has 2 aliphatic rings. The van der Waals surface area contributed by atoms with Gasteiger partial charge in [0.25, 0.3) is 11.8 Å². The lowest BCUT2D eigenvalue weighted by atomic mass is 9.96. The van der Waals surface area contributed by atoms with Gasteiger partial charge in [0, 0.05) is 50.2 Å². The third-order valence-electron chi connectivity index (χ3n) is 7.36. The molecular formula is C32H31N5O3. The van der Waals surface area contributed by atoms with E-state index in [4.69, 9.17) is 4.74 Å². The topological polar surface area (TPSA) is 86.8 Å². The van der Waals surface area contributed by atoms with Crippen LogP contribution in [-0.2, 0) is 11.3 Å². The first-order valence-electron chi connectivity index (χ1n) is 13.5. The maximum Gasteiger partial charge on any atom is 0.265 e. The summed E-state index contributed by atoms with van der Waals surface area (Å²) in [5, 5.41) is 5.80. The van der Waals surface area contributed by atoms with Crippen LogP contribution >= 0.6 is 0 Å². The van der Waals surface area contributed by atoms with E-state index in [9.17, 15) is 9.59 Å². The number of piperazine rings is 1. The van der Waals surface area contributed by atoms with Crippen molar-refractivity contribution in [1.82, 2.24) is 9.88 Å². The molecule has 2 N–H and O–H groups in total. The summed E-state index contributed by atoms with van der Waals surface area (Å²) >= 11 is 0. The second-order valence-corrected chi connectivity index (χ2v) is 10.1. The van der Waals surface area contributed by atoms with E-state index in [-0.39, 0.29) is 11.8 Å². The van der Waals surface area contributed by atoms with Crippen LogP contribution in [0, 0.1) is 0 Å². The highest BCUT2D eigenvalue weighted by Gasteiger charge is 2.24. The van der Waals surface area contributed by atoms with Crippen LogP contribution in [0.1, 0.15) is 22.8 Å². The van der Waals surface area contributed by atoms with Crippen molar-refractivity contribution >= 4 is 29.0 Å². The minimum absolute atomic E-state index is 0.210. The summed E-state index contributed by atoms with van der Waals surface area (Å²) in [6.07, 6.45) is 1.28. The first-order valence-corrected chi connectivity index (χ1v) is 13.5. The predicted molar refractivity (Wildman–Crippen MR) is 157 cm³/mol. The number of pyridine rings is 1. The smallest absolute Gasteiger partial charge is 0.265 e. The maximum atomic E-state index is 13.3. The monoisotopic (exact) mass is 533 g/mol. The van der Waals surface area contributed by atoms with Gasteiger partial charge in [-0.25, -0.2) is 4.98 Å². The molecule has 0 radical (unpaired) electrons. The molecule has 1 unspecified atom stereocenters. The van der Waals surface area contributed by atoms with Gasteiger partial charge in [0.05, 0.1) is 5.69 Å². The molecule has 8 nitrogen and oxygen atoms in total. The molecule has 0 spiro atoms. The number of carbonyl (C=O) groups excluding carboxylic acids is 2. The van der Waals surface area contributed by atoms with Crippen LogP contribution in [0.4, 0.5) is 17.2 Å². The van der Waals surface area contributed by atoms with Crippen LogP contribution in [0.25, 0.3) is 11.1 Å². The molecule has 0 bridgehead atoms. The van der Waals surface area contributed by atoms with E-state index in [1.54, 1.807) is 25.1 Å². The molecule has 0 saturated carbocycles. The van der Waals surface area contributed by atoms with Gasteiger partial charge in [-0.3, -0.25) is 14.5 Å². The summed E-state index contributed by atoms with van der Waals surface area (Å²) in [5.41, 5.74) is 5.05. The lowest BCUT2D eigenvalue weighted by molar-refractivity contribution is -0.122. The van der Waals surface area contributed by atoms with Crippen LogP contribution in [0.2, 0.25) is 0 Å². The molecule has 3 aromatic carbocycles. The summed E-state index contributed by atoms with van der Waals surface area (Å²) in [5.74, 6) is 1.17. The van der Waals surface area contributed by atoms with Gasteiger partial charge in [0.2, 0.25) is 0 Å². The highest BCUT2D eigenvalue weighted by atomic mass is 16.5. The number of amides is 2. The van der Waals surface area contributed by atoms with Crippen molar-refractivity contribution in [3.63, 3.8) is 0 Å². The van der Waals surface area contributed by atoms with Gasteiger partial charge in [-0.2, -0.15) is 0 Å². The standard InChI is InChI=1S/C32H31N5O3/c1-22-31(38)35-28-20-26(11-13-29(28)40-22)34-32(39)24-10-12-27(23-7-3-2-4-8-23)25(19-24)21-36-15-17-37(18-16-36)30-9-5-6-14-33-30/h2-14,19-20,22H,15-18,21H2,1H3,(H,34,39)(H,35,38). The van der Waals surface area contributed by atoms with E-state index < -0.39 is 6.10 Å². The van der Waals surface area contributed by atoms with Crippen LogP contribution in [0.3, 0.4) is 0 Å². The minimum Gasteiger partial charge on any atom is -0.479 e. The lowest BCUT2D eigenvalue weighted by Gasteiger charge is -2.35. The van der Waals surface area contributed by atoms with Crippen molar-refractivity contribution in [3.8, 4) is 16.9 Å². The lowest BCUT2D eigenvalue weighted by Crippen LogP contribution is -2.46. The summed E-state index contributed by atoms with van der Waals surface area (Å²) in [7, 11) is 0. The molecule has 1 atom stereocenters. The van der Waals surface area contributed by atoms with Gasteiger partial charge < -0.3 is 20.3 Å². The number of carbonyl (C=O) groups is 2. The average Bonchev–Trinajstić information content (AvgIpc) is 2.99. The van der Waals surface area contributed by atoms with E-state index in [0.717, 1.165) is 55.2 Å². The Morgan fingerprint density at radius 2 is 1.77 bits per heavy atom. The van der Waals surface area contributed by atoms with E-state index in [0.29, 0.717) is 22.7 Å². The number of rotatable bonds is 6. The molecule has 1 saturated heterocycles. The molecular weight excluding hydrogens is 502 g/mol. The molecule has 3 heterocycles. The van der Waals surface area contributed by atoms with E-state index in [1.807, 2.05) is 54.7 Å². The molecule has 1 aromatic heterocycles. The fraction of sp³-hybridized carbons (Fsp3) is 0.219. The molecule has 8 heteroatoms. The molecule has 2 aliphatic heterocycles. The van der Waals surface area contributed by atoms with E-state index in [2.05, 4.69) is 43.6 Å². The first-order chi connectivity index (χ1) is 19.5. The van der Waals surface area contributed by atoms with Gasteiger partial charge in [0.1, 0.15) is 11.6 Å². The zero-order valence-electron chi connectivity index (χ0n) is 22.3. The number of benzene rings is 3. The number of ether oxygens (including phenoxy) is 1. The van der Waals surface area contributed by atoms with Crippen LogP contribution in [0.5, 0.6) is 5.75 Å². The Morgan fingerprint density at radius 1 is 0.975 bits per heavy atom. The van der Waals surface area contributed by atoms with Crippen molar-refractivity contribution in [1.29, 1.82) is 0 Å². The normalized spacial score (nSPS) is 17.0.